The Labute approximate surface area is 146 Å². The molecule has 3 N–H and O–H groups in total. The van der Waals surface area contributed by atoms with E-state index < -0.39 is 5.91 Å². The molecule has 1 aliphatic heterocycles. The van der Waals surface area contributed by atoms with Crippen LogP contribution in [0.15, 0.2) is 30.5 Å². The summed E-state index contributed by atoms with van der Waals surface area (Å²) in [5.41, 5.74) is 7.01. The first-order valence-electron chi connectivity index (χ1n) is 8.31. The van der Waals surface area contributed by atoms with Crippen molar-refractivity contribution >= 4 is 11.7 Å². The minimum absolute atomic E-state index is 0.123. The zero-order valence-corrected chi connectivity index (χ0v) is 14.4. The highest BCUT2D eigenvalue weighted by Crippen LogP contribution is 2.28. The largest absolute Gasteiger partial charge is 0.364 e. The van der Waals surface area contributed by atoms with Crippen LogP contribution in [0.5, 0.6) is 0 Å². The van der Waals surface area contributed by atoms with E-state index in [1.165, 1.54) is 18.3 Å². The molecule has 1 saturated heterocycles. The number of likely N-dealkylation sites (tertiary alicyclic amines) is 1. The van der Waals surface area contributed by atoms with Crippen molar-refractivity contribution < 1.29 is 9.18 Å². The zero-order chi connectivity index (χ0) is 18.0. The quantitative estimate of drug-likeness (QED) is 0.867. The molecule has 0 radical (unpaired) electrons. The Kier molecular flexibility index (Phi) is 4.94. The summed E-state index contributed by atoms with van der Waals surface area (Å²) < 4.78 is 13.2. The lowest BCUT2D eigenvalue weighted by atomic mass is 9.97. The fourth-order valence-corrected chi connectivity index (χ4v) is 3.09. The summed E-state index contributed by atoms with van der Waals surface area (Å²) in [6, 6.07) is 6.53. The molecule has 0 saturated carbocycles. The average molecular weight is 343 g/mol. The van der Waals surface area contributed by atoms with Crippen LogP contribution in [0.2, 0.25) is 0 Å². The number of rotatable bonds is 5. The van der Waals surface area contributed by atoms with Crippen LogP contribution >= 0.6 is 0 Å². The number of anilines is 1. The number of nitrogens with one attached hydrogen (secondary N) is 1. The molecule has 0 unspecified atom stereocenters. The van der Waals surface area contributed by atoms with Gasteiger partial charge < -0.3 is 16.0 Å². The van der Waals surface area contributed by atoms with Gasteiger partial charge in [0.05, 0.1) is 11.9 Å². The standard InChI is InChI=1S/C18H22FN5O/c1-11(12-3-5-13(19)6-4-12)16-18(21-9-15(23-16)17(20)25)22-14-7-8-24(2)10-14/h3-6,9,11,14H,7-8,10H2,1-2H3,(H2,20,25)(H,21,22)/t11-,14-/m1/s1. The van der Waals surface area contributed by atoms with Crippen molar-refractivity contribution in [2.45, 2.75) is 25.3 Å². The van der Waals surface area contributed by atoms with Crippen LogP contribution in [-0.2, 0) is 0 Å². The molecule has 0 bridgehead atoms. The van der Waals surface area contributed by atoms with E-state index >= 15 is 0 Å². The second-order valence-corrected chi connectivity index (χ2v) is 6.52. The number of amides is 1. The number of nitrogens with zero attached hydrogens (tertiary/aromatic N) is 3. The first-order chi connectivity index (χ1) is 11.9. The van der Waals surface area contributed by atoms with E-state index in [9.17, 15) is 9.18 Å². The van der Waals surface area contributed by atoms with Gasteiger partial charge in [-0.15, -0.1) is 0 Å². The number of benzene rings is 1. The smallest absolute Gasteiger partial charge is 0.268 e. The number of primary amides is 1. The van der Waals surface area contributed by atoms with Crippen LogP contribution in [-0.4, -0.2) is 47.0 Å². The van der Waals surface area contributed by atoms with Crippen molar-refractivity contribution in [3.63, 3.8) is 0 Å². The lowest BCUT2D eigenvalue weighted by Crippen LogP contribution is -2.26. The Morgan fingerprint density at radius 2 is 2.12 bits per heavy atom. The number of likely N-dealkylation sites (N-methyl/N-ethyl adjacent to an activating group) is 1. The summed E-state index contributed by atoms with van der Waals surface area (Å²) in [6.07, 6.45) is 2.41. The molecular formula is C18H22FN5O. The maximum absolute atomic E-state index is 13.2. The normalized spacial score (nSPS) is 18.9. The summed E-state index contributed by atoms with van der Waals surface area (Å²) in [5, 5.41) is 3.43. The number of hydrogen-bond acceptors (Lipinski definition) is 5. The van der Waals surface area contributed by atoms with Crippen LogP contribution in [0, 0.1) is 5.82 Å². The highest BCUT2D eigenvalue weighted by Gasteiger charge is 2.24. The topological polar surface area (TPSA) is 84.1 Å². The highest BCUT2D eigenvalue weighted by atomic mass is 19.1. The van der Waals surface area contributed by atoms with Crippen molar-refractivity contribution in [3.8, 4) is 0 Å². The fraction of sp³-hybridized carbons (Fsp3) is 0.389. The lowest BCUT2D eigenvalue weighted by molar-refractivity contribution is 0.0995. The van der Waals surface area contributed by atoms with Crippen LogP contribution in [0.25, 0.3) is 0 Å². The van der Waals surface area contributed by atoms with Crippen LogP contribution in [0.1, 0.15) is 41.0 Å². The molecular weight excluding hydrogens is 321 g/mol. The van der Waals surface area contributed by atoms with E-state index in [4.69, 9.17) is 5.73 Å². The third-order valence-corrected chi connectivity index (χ3v) is 4.56. The number of carbonyl (C=O) groups is 1. The molecule has 132 valence electrons. The zero-order valence-electron chi connectivity index (χ0n) is 14.4. The number of nitrogens with two attached hydrogens (primary N) is 1. The van der Waals surface area contributed by atoms with Gasteiger partial charge >= 0.3 is 0 Å². The number of carbonyl (C=O) groups excluding carboxylic acids is 1. The Morgan fingerprint density at radius 1 is 1.40 bits per heavy atom. The Hall–Kier alpha value is -2.54. The van der Waals surface area contributed by atoms with Crippen molar-refractivity contribution in [1.29, 1.82) is 0 Å². The van der Waals surface area contributed by atoms with E-state index in [1.54, 1.807) is 12.1 Å². The third-order valence-electron chi connectivity index (χ3n) is 4.56. The molecule has 7 heteroatoms. The summed E-state index contributed by atoms with van der Waals surface area (Å²) >= 11 is 0. The molecule has 1 aliphatic rings. The lowest BCUT2D eigenvalue weighted by Gasteiger charge is -2.20. The molecule has 2 heterocycles. The van der Waals surface area contributed by atoms with Crippen molar-refractivity contribution in [3.05, 3.63) is 53.2 Å². The predicted octanol–water partition coefficient (Wildman–Crippen LogP) is 1.98. The Bertz CT molecular complexity index is 765. The van der Waals surface area contributed by atoms with E-state index in [1.807, 2.05) is 6.92 Å². The fourth-order valence-electron chi connectivity index (χ4n) is 3.09. The van der Waals surface area contributed by atoms with Gasteiger partial charge in [0.25, 0.3) is 5.91 Å². The summed E-state index contributed by atoms with van der Waals surface area (Å²) in [6.45, 7) is 3.89. The number of aromatic nitrogens is 2. The van der Waals surface area contributed by atoms with Gasteiger partial charge in [-0.3, -0.25) is 4.79 Å². The van der Waals surface area contributed by atoms with Gasteiger partial charge in [0, 0.05) is 18.5 Å². The first-order valence-corrected chi connectivity index (χ1v) is 8.31. The SMILES string of the molecule is C[C@H](c1ccc(F)cc1)c1nc(C(N)=O)cnc1N[C@@H]1CCN(C)C1. The molecule has 6 nitrogen and oxygen atoms in total. The van der Waals surface area contributed by atoms with Crippen LogP contribution in [0.4, 0.5) is 10.2 Å². The average Bonchev–Trinajstić information content (AvgIpc) is 3.00. The molecule has 1 aromatic heterocycles. The van der Waals surface area contributed by atoms with Gasteiger partial charge in [-0.05, 0) is 37.7 Å². The van der Waals surface area contributed by atoms with Gasteiger partial charge in [0.15, 0.2) is 0 Å². The van der Waals surface area contributed by atoms with Gasteiger partial charge in [-0.2, -0.15) is 0 Å². The minimum Gasteiger partial charge on any atom is -0.364 e. The molecule has 1 fully saturated rings. The van der Waals surface area contributed by atoms with Crippen molar-refractivity contribution in [2.75, 3.05) is 25.5 Å². The Morgan fingerprint density at radius 3 is 2.72 bits per heavy atom. The van der Waals surface area contributed by atoms with E-state index in [-0.39, 0.29) is 23.5 Å². The number of hydrogen-bond donors (Lipinski definition) is 2. The molecule has 2 atom stereocenters. The first kappa shape index (κ1) is 17.3. The summed E-state index contributed by atoms with van der Waals surface area (Å²) in [7, 11) is 2.07. The Balaban J connectivity index is 1.94. The van der Waals surface area contributed by atoms with Gasteiger partial charge in [-0.25, -0.2) is 14.4 Å². The van der Waals surface area contributed by atoms with Crippen LogP contribution in [0.3, 0.4) is 0 Å². The minimum atomic E-state index is -0.618. The van der Waals surface area contributed by atoms with E-state index in [0.29, 0.717) is 11.5 Å². The molecule has 25 heavy (non-hydrogen) atoms. The van der Waals surface area contributed by atoms with Gasteiger partial charge in [0.1, 0.15) is 17.3 Å². The van der Waals surface area contributed by atoms with Crippen LogP contribution < -0.4 is 11.1 Å². The molecule has 3 rings (SSSR count). The highest BCUT2D eigenvalue weighted by molar-refractivity contribution is 5.90. The van der Waals surface area contributed by atoms with E-state index in [2.05, 4.69) is 27.2 Å². The maximum atomic E-state index is 13.2. The predicted molar refractivity (Wildman–Crippen MR) is 94.0 cm³/mol. The second-order valence-electron chi connectivity index (χ2n) is 6.52. The third kappa shape index (κ3) is 3.93. The van der Waals surface area contributed by atoms with Crippen molar-refractivity contribution in [1.82, 2.24) is 14.9 Å². The van der Waals surface area contributed by atoms with Gasteiger partial charge in [-0.1, -0.05) is 19.1 Å². The maximum Gasteiger partial charge on any atom is 0.268 e. The summed E-state index contributed by atoms with van der Waals surface area (Å²) in [4.78, 5) is 22.6. The van der Waals surface area contributed by atoms with E-state index in [0.717, 1.165) is 25.1 Å². The molecule has 0 aliphatic carbocycles. The summed E-state index contributed by atoms with van der Waals surface area (Å²) in [5.74, 6) is -0.427. The molecule has 0 spiro atoms. The monoisotopic (exact) mass is 343 g/mol. The number of halogens is 1. The van der Waals surface area contributed by atoms with Crippen molar-refractivity contribution in [2.24, 2.45) is 5.73 Å². The van der Waals surface area contributed by atoms with Gasteiger partial charge in [0.2, 0.25) is 0 Å². The molecule has 2 aromatic rings. The second kappa shape index (κ2) is 7.14. The molecule has 1 amide bonds. The molecule has 1 aromatic carbocycles.